The fourth-order valence-electron chi connectivity index (χ4n) is 4.11. The molecular weight excluding hydrogens is 436 g/mol. The number of benzene rings is 4. The molecule has 0 amide bonds. The maximum atomic E-state index is 13.7. The van der Waals surface area contributed by atoms with Crippen LogP contribution in [0.2, 0.25) is 0 Å². The minimum absolute atomic E-state index is 0.121. The van der Waals surface area contributed by atoms with E-state index in [9.17, 15) is 9.59 Å². The first-order valence-electron chi connectivity index (χ1n) is 11.4. The maximum Gasteiger partial charge on any atom is 0.266 e. The molecule has 0 spiro atoms. The summed E-state index contributed by atoms with van der Waals surface area (Å²) >= 11 is 0. The van der Waals surface area contributed by atoms with Crippen molar-refractivity contribution in [3.8, 4) is 22.8 Å². The van der Waals surface area contributed by atoms with Crippen LogP contribution in [-0.4, -0.2) is 21.9 Å². The molecule has 1 aromatic heterocycles. The Bertz CT molecular complexity index is 1600. The highest BCUT2D eigenvalue weighted by Gasteiger charge is 2.20. The molecule has 35 heavy (non-hydrogen) atoms. The summed E-state index contributed by atoms with van der Waals surface area (Å²) in [5.74, 6) is 0.887. The number of ether oxygens (including phenoxy) is 1. The van der Waals surface area contributed by atoms with Gasteiger partial charge in [0.25, 0.3) is 5.56 Å². The van der Waals surface area contributed by atoms with Crippen LogP contribution in [0.25, 0.3) is 28.0 Å². The molecule has 0 unspecified atom stereocenters. The lowest BCUT2D eigenvalue weighted by Crippen LogP contribution is -2.23. The van der Waals surface area contributed by atoms with Crippen molar-refractivity contribution in [2.45, 2.75) is 13.8 Å². The van der Waals surface area contributed by atoms with Crippen LogP contribution in [0.5, 0.6) is 5.75 Å². The second kappa shape index (κ2) is 9.39. The van der Waals surface area contributed by atoms with Gasteiger partial charge in [0.1, 0.15) is 11.6 Å². The zero-order chi connectivity index (χ0) is 24.4. The number of carbonyl (C=O) groups is 1. The minimum atomic E-state index is -0.193. The third-order valence-electron chi connectivity index (χ3n) is 5.99. The van der Waals surface area contributed by atoms with Crippen molar-refractivity contribution in [3.05, 3.63) is 124 Å². The van der Waals surface area contributed by atoms with Crippen LogP contribution in [0.15, 0.2) is 102 Å². The number of nitrogens with zero attached hydrogens (tertiary/aromatic N) is 2. The van der Waals surface area contributed by atoms with E-state index in [4.69, 9.17) is 9.72 Å². The summed E-state index contributed by atoms with van der Waals surface area (Å²) in [6.07, 6.45) is 0. The number of rotatable bonds is 6. The van der Waals surface area contributed by atoms with Crippen molar-refractivity contribution < 1.29 is 9.53 Å². The molecule has 0 saturated carbocycles. The molecule has 5 rings (SSSR count). The molecule has 4 aromatic carbocycles. The van der Waals surface area contributed by atoms with Gasteiger partial charge < -0.3 is 4.74 Å². The number of aryl methyl sites for hydroxylation is 2. The summed E-state index contributed by atoms with van der Waals surface area (Å²) in [5.41, 5.74) is 4.15. The summed E-state index contributed by atoms with van der Waals surface area (Å²) in [6, 6.07) is 29.7. The van der Waals surface area contributed by atoms with Gasteiger partial charge in [-0.25, -0.2) is 4.98 Å². The Labute approximate surface area is 203 Å². The van der Waals surface area contributed by atoms with Gasteiger partial charge in [0.15, 0.2) is 6.61 Å². The summed E-state index contributed by atoms with van der Waals surface area (Å²) in [7, 11) is 0. The third kappa shape index (κ3) is 4.36. The van der Waals surface area contributed by atoms with E-state index in [0.717, 1.165) is 11.1 Å². The van der Waals surface area contributed by atoms with Gasteiger partial charge in [0.05, 0.1) is 16.6 Å². The molecule has 0 N–H and O–H groups in total. The number of hydrogen-bond donors (Lipinski definition) is 0. The summed E-state index contributed by atoms with van der Waals surface area (Å²) < 4.78 is 7.41. The van der Waals surface area contributed by atoms with Gasteiger partial charge >= 0.3 is 0 Å². The maximum absolute atomic E-state index is 13.7. The lowest BCUT2D eigenvalue weighted by molar-refractivity contribution is 0.0921. The number of aromatic nitrogens is 2. The van der Waals surface area contributed by atoms with Gasteiger partial charge in [0.2, 0.25) is 5.78 Å². The SMILES string of the molecule is Cc1ccc(-n2c(-c3ccccc3C(=O)COc3ccccc3C)nc3ccccc3c2=O)cc1. The number of ketones is 1. The van der Waals surface area contributed by atoms with Crippen LogP contribution in [0.1, 0.15) is 21.5 Å². The zero-order valence-electron chi connectivity index (χ0n) is 19.6. The van der Waals surface area contributed by atoms with E-state index in [1.54, 1.807) is 22.8 Å². The van der Waals surface area contributed by atoms with E-state index >= 15 is 0 Å². The highest BCUT2D eigenvalue weighted by molar-refractivity contribution is 6.03. The zero-order valence-corrected chi connectivity index (χ0v) is 19.6. The molecule has 0 aliphatic heterocycles. The average molecular weight is 461 g/mol. The van der Waals surface area contributed by atoms with Gasteiger partial charge in [-0.15, -0.1) is 0 Å². The second-order valence-electron chi connectivity index (χ2n) is 8.45. The first kappa shape index (κ1) is 22.3. The quantitative estimate of drug-likeness (QED) is 0.295. The molecule has 5 nitrogen and oxygen atoms in total. The third-order valence-corrected chi connectivity index (χ3v) is 5.99. The lowest BCUT2D eigenvalue weighted by atomic mass is 10.0. The fourth-order valence-corrected chi connectivity index (χ4v) is 4.11. The Morgan fingerprint density at radius 3 is 2.31 bits per heavy atom. The number of carbonyl (C=O) groups excluding carboxylic acids is 1. The molecule has 0 atom stereocenters. The van der Waals surface area contributed by atoms with Crippen LogP contribution in [0, 0.1) is 13.8 Å². The van der Waals surface area contributed by atoms with Gasteiger partial charge in [-0.3, -0.25) is 14.2 Å². The van der Waals surface area contributed by atoms with Crippen molar-refractivity contribution in [2.75, 3.05) is 6.61 Å². The van der Waals surface area contributed by atoms with Crippen LogP contribution < -0.4 is 10.3 Å². The summed E-state index contributed by atoms with van der Waals surface area (Å²) in [5, 5.41) is 0.517. The molecule has 0 bridgehead atoms. The van der Waals surface area contributed by atoms with E-state index in [0.29, 0.717) is 39.3 Å². The largest absolute Gasteiger partial charge is 0.485 e. The Balaban J connectivity index is 1.65. The molecular formula is C30H24N2O3. The van der Waals surface area contributed by atoms with Crippen molar-refractivity contribution in [1.29, 1.82) is 0 Å². The monoisotopic (exact) mass is 460 g/mol. The average Bonchev–Trinajstić information content (AvgIpc) is 2.89. The number of hydrogen-bond acceptors (Lipinski definition) is 4. The van der Waals surface area contributed by atoms with E-state index < -0.39 is 0 Å². The Morgan fingerprint density at radius 1 is 0.829 bits per heavy atom. The molecule has 5 heteroatoms. The Hall–Kier alpha value is -4.51. The first-order valence-corrected chi connectivity index (χ1v) is 11.4. The van der Waals surface area contributed by atoms with Crippen molar-refractivity contribution in [2.24, 2.45) is 0 Å². The fraction of sp³-hybridized carbons (Fsp3) is 0.100. The smallest absolute Gasteiger partial charge is 0.266 e. The standard InChI is InChI=1S/C30H24N2O3/c1-20-15-17-22(18-16-20)32-29(31-26-13-7-6-12-25(26)30(32)34)24-11-5-4-10-23(24)27(33)19-35-28-14-8-3-9-21(28)2/h3-18H,19H2,1-2H3. The van der Waals surface area contributed by atoms with Crippen molar-refractivity contribution >= 4 is 16.7 Å². The van der Waals surface area contributed by atoms with E-state index in [-0.39, 0.29) is 17.9 Å². The van der Waals surface area contributed by atoms with Crippen LogP contribution in [0.3, 0.4) is 0 Å². The number of para-hydroxylation sites is 2. The predicted octanol–water partition coefficient (Wildman–Crippen LogP) is 5.93. The summed E-state index contributed by atoms with van der Waals surface area (Å²) in [6.45, 7) is 3.81. The second-order valence-corrected chi connectivity index (χ2v) is 8.45. The van der Waals surface area contributed by atoms with Gasteiger partial charge in [-0.1, -0.05) is 72.3 Å². The Kier molecular flexibility index (Phi) is 5.98. The predicted molar refractivity (Wildman–Crippen MR) is 139 cm³/mol. The van der Waals surface area contributed by atoms with E-state index in [2.05, 4.69) is 0 Å². The molecule has 0 aliphatic rings. The molecule has 172 valence electrons. The molecule has 0 radical (unpaired) electrons. The first-order chi connectivity index (χ1) is 17.0. The van der Waals surface area contributed by atoms with Crippen LogP contribution in [0.4, 0.5) is 0 Å². The topological polar surface area (TPSA) is 61.2 Å². The lowest BCUT2D eigenvalue weighted by Gasteiger charge is -2.16. The normalized spacial score (nSPS) is 10.9. The van der Waals surface area contributed by atoms with Gasteiger partial charge in [-0.05, 0) is 49.7 Å². The van der Waals surface area contributed by atoms with E-state index in [1.807, 2.05) is 92.7 Å². The number of Topliss-reactive ketones (excluding diaryl/α,β-unsaturated/α-hetero) is 1. The highest BCUT2D eigenvalue weighted by Crippen LogP contribution is 2.26. The molecule has 0 aliphatic carbocycles. The highest BCUT2D eigenvalue weighted by atomic mass is 16.5. The Morgan fingerprint density at radius 2 is 1.51 bits per heavy atom. The van der Waals surface area contributed by atoms with Gasteiger partial charge in [-0.2, -0.15) is 0 Å². The minimum Gasteiger partial charge on any atom is -0.485 e. The van der Waals surface area contributed by atoms with E-state index in [1.165, 1.54) is 0 Å². The van der Waals surface area contributed by atoms with Gasteiger partial charge in [0, 0.05) is 11.1 Å². The van der Waals surface area contributed by atoms with Crippen LogP contribution in [-0.2, 0) is 0 Å². The van der Waals surface area contributed by atoms with Crippen molar-refractivity contribution in [3.63, 3.8) is 0 Å². The van der Waals surface area contributed by atoms with Crippen molar-refractivity contribution in [1.82, 2.24) is 9.55 Å². The molecule has 1 heterocycles. The van der Waals surface area contributed by atoms with Crippen LogP contribution >= 0.6 is 0 Å². The molecule has 5 aromatic rings. The molecule has 0 fully saturated rings. The number of fused-ring (bicyclic) bond motifs is 1. The summed E-state index contributed by atoms with van der Waals surface area (Å²) in [4.78, 5) is 31.8. The molecule has 0 saturated heterocycles.